The molecule has 0 heterocycles. The smallest absolute Gasteiger partial charge is 0.160 e. The number of hydrogen-bond acceptors (Lipinski definition) is 0. The molecule has 0 aliphatic heterocycles. The molecule has 0 saturated heterocycles. The maximum atomic E-state index is 13.2. The van der Waals surface area contributed by atoms with Crippen LogP contribution < -0.4 is 0 Å². The van der Waals surface area contributed by atoms with Gasteiger partial charge in [-0.1, -0.05) is 45.7 Å². The fraction of sp³-hybridized carbons (Fsp3) is 0.0769. The molecule has 0 saturated carbocycles. The molecule has 0 nitrogen and oxygen atoms in total. The van der Waals surface area contributed by atoms with Gasteiger partial charge in [-0.3, -0.25) is 0 Å². The van der Waals surface area contributed by atoms with E-state index in [2.05, 4.69) is 15.9 Å². The zero-order valence-corrected chi connectivity index (χ0v) is 12.0. The average Bonchev–Trinajstić information content (AvgIpc) is 2.33. The quantitative estimate of drug-likeness (QED) is 0.480. The number of halogens is 5. The van der Waals surface area contributed by atoms with E-state index in [-0.39, 0.29) is 5.02 Å². The molecular formula is C13H7BrCl2F2. The summed E-state index contributed by atoms with van der Waals surface area (Å²) in [6.45, 7) is 0. The van der Waals surface area contributed by atoms with E-state index in [0.29, 0.717) is 5.56 Å². The fourth-order valence-electron chi connectivity index (χ4n) is 1.58. The number of rotatable bonds is 2. The van der Waals surface area contributed by atoms with Gasteiger partial charge < -0.3 is 0 Å². The summed E-state index contributed by atoms with van der Waals surface area (Å²) in [4.78, 5) is 0. The van der Waals surface area contributed by atoms with E-state index in [0.717, 1.165) is 22.2 Å². The Labute approximate surface area is 122 Å². The van der Waals surface area contributed by atoms with Crippen LogP contribution in [0.3, 0.4) is 0 Å². The fourth-order valence-corrected chi connectivity index (χ4v) is 2.91. The van der Waals surface area contributed by atoms with Crippen molar-refractivity contribution >= 4 is 39.1 Å². The van der Waals surface area contributed by atoms with Gasteiger partial charge in [0.2, 0.25) is 0 Å². The molecule has 18 heavy (non-hydrogen) atoms. The third-order valence-corrected chi connectivity index (χ3v) is 4.01. The molecule has 0 fully saturated rings. The van der Waals surface area contributed by atoms with E-state index in [1.165, 1.54) is 0 Å². The first-order chi connectivity index (χ1) is 8.50. The van der Waals surface area contributed by atoms with Crippen LogP contribution in [0.5, 0.6) is 0 Å². The lowest BCUT2D eigenvalue weighted by Crippen LogP contribution is -1.98. The molecule has 0 spiro atoms. The van der Waals surface area contributed by atoms with Crippen LogP contribution in [0.2, 0.25) is 5.02 Å². The standard InChI is InChI=1S/C13H7BrCl2F2/c14-9-4-2-1-3-7(9)13(16)8-5-11(17)12(18)6-10(8)15/h1-6,13H. The van der Waals surface area contributed by atoms with Crippen LogP contribution in [0.4, 0.5) is 8.78 Å². The topological polar surface area (TPSA) is 0 Å². The van der Waals surface area contributed by atoms with Crippen LogP contribution in [-0.2, 0) is 0 Å². The Hall–Kier alpha value is -0.640. The summed E-state index contributed by atoms with van der Waals surface area (Å²) in [7, 11) is 0. The van der Waals surface area contributed by atoms with Gasteiger partial charge in [-0.2, -0.15) is 0 Å². The van der Waals surface area contributed by atoms with E-state index >= 15 is 0 Å². The third-order valence-electron chi connectivity index (χ3n) is 2.49. The number of alkyl halides is 1. The lowest BCUT2D eigenvalue weighted by molar-refractivity contribution is 0.507. The van der Waals surface area contributed by atoms with Crippen molar-refractivity contribution in [3.8, 4) is 0 Å². The second-order valence-corrected chi connectivity index (χ2v) is 5.37. The highest BCUT2D eigenvalue weighted by Gasteiger charge is 2.19. The maximum Gasteiger partial charge on any atom is 0.160 e. The Bertz CT molecular complexity index is 587. The van der Waals surface area contributed by atoms with Crippen molar-refractivity contribution in [3.05, 3.63) is 68.7 Å². The van der Waals surface area contributed by atoms with Crippen molar-refractivity contribution in [2.24, 2.45) is 0 Å². The molecule has 0 aliphatic rings. The first-order valence-corrected chi connectivity index (χ1v) is 6.64. The van der Waals surface area contributed by atoms with Gasteiger partial charge in [0.15, 0.2) is 11.6 Å². The first-order valence-electron chi connectivity index (χ1n) is 5.03. The third kappa shape index (κ3) is 2.68. The van der Waals surface area contributed by atoms with Crippen molar-refractivity contribution in [3.63, 3.8) is 0 Å². The van der Waals surface area contributed by atoms with Crippen molar-refractivity contribution < 1.29 is 8.78 Å². The number of hydrogen-bond donors (Lipinski definition) is 0. The molecule has 0 aromatic heterocycles. The Kier molecular flexibility index (Phi) is 4.25. The zero-order valence-electron chi connectivity index (χ0n) is 8.93. The minimum absolute atomic E-state index is 0.102. The predicted octanol–water partition coefficient (Wildman–Crippen LogP) is 5.71. The first kappa shape index (κ1) is 13.8. The van der Waals surface area contributed by atoms with Gasteiger partial charge in [-0.05, 0) is 29.3 Å². The predicted molar refractivity (Wildman–Crippen MR) is 73.2 cm³/mol. The van der Waals surface area contributed by atoms with E-state index < -0.39 is 17.0 Å². The summed E-state index contributed by atoms with van der Waals surface area (Å²) in [6.07, 6.45) is 0. The molecule has 94 valence electrons. The van der Waals surface area contributed by atoms with Gasteiger partial charge in [0, 0.05) is 9.50 Å². The Morgan fingerprint density at radius 3 is 2.28 bits per heavy atom. The lowest BCUT2D eigenvalue weighted by atomic mass is 10.0. The molecule has 0 aliphatic carbocycles. The van der Waals surface area contributed by atoms with E-state index in [1.54, 1.807) is 6.07 Å². The van der Waals surface area contributed by atoms with Crippen LogP contribution in [0.1, 0.15) is 16.5 Å². The summed E-state index contributed by atoms with van der Waals surface area (Å²) in [6, 6.07) is 9.21. The van der Waals surface area contributed by atoms with Crippen molar-refractivity contribution in [1.82, 2.24) is 0 Å². The summed E-state index contributed by atoms with van der Waals surface area (Å²) in [5, 5.41) is -0.548. The second-order valence-electron chi connectivity index (χ2n) is 3.67. The maximum absolute atomic E-state index is 13.2. The highest BCUT2D eigenvalue weighted by molar-refractivity contribution is 9.10. The van der Waals surface area contributed by atoms with Gasteiger partial charge in [0.1, 0.15) is 0 Å². The molecule has 0 bridgehead atoms. The molecule has 0 N–H and O–H groups in total. The molecule has 0 radical (unpaired) electrons. The Morgan fingerprint density at radius 2 is 1.61 bits per heavy atom. The Balaban J connectivity index is 2.50. The highest BCUT2D eigenvalue weighted by Crippen LogP contribution is 2.37. The van der Waals surface area contributed by atoms with Crippen LogP contribution in [-0.4, -0.2) is 0 Å². The minimum Gasteiger partial charge on any atom is -0.204 e. The molecule has 1 unspecified atom stereocenters. The van der Waals surface area contributed by atoms with Gasteiger partial charge in [-0.25, -0.2) is 8.78 Å². The highest BCUT2D eigenvalue weighted by atomic mass is 79.9. The van der Waals surface area contributed by atoms with E-state index in [9.17, 15) is 8.78 Å². The molecular weight excluding hydrogens is 345 g/mol. The summed E-state index contributed by atoms with van der Waals surface area (Å²) in [5.41, 5.74) is 1.08. The van der Waals surface area contributed by atoms with Gasteiger partial charge in [-0.15, -0.1) is 11.6 Å². The van der Waals surface area contributed by atoms with Gasteiger partial charge >= 0.3 is 0 Å². The summed E-state index contributed by atoms with van der Waals surface area (Å²) < 4.78 is 27.0. The van der Waals surface area contributed by atoms with Crippen LogP contribution in [0.15, 0.2) is 40.9 Å². The molecule has 5 heteroatoms. The second kappa shape index (κ2) is 5.55. The monoisotopic (exact) mass is 350 g/mol. The van der Waals surface area contributed by atoms with Crippen molar-refractivity contribution in [2.75, 3.05) is 0 Å². The normalized spacial score (nSPS) is 12.5. The zero-order chi connectivity index (χ0) is 13.3. The summed E-state index contributed by atoms with van der Waals surface area (Å²) in [5.74, 6) is -1.95. The molecule has 2 aromatic rings. The van der Waals surface area contributed by atoms with Crippen LogP contribution >= 0.6 is 39.1 Å². The van der Waals surface area contributed by atoms with Crippen molar-refractivity contribution in [1.29, 1.82) is 0 Å². The van der Waals surface area contributed by atoms with Crippen LogP contribution in [0.25, 0.3) is 0 Å². The average molecular weight is 352 g/mol. The molecule has 2 rings (SSSR count). The van der Waals surface area contributed by atoms with Crippen LogP contribution in [0, 0.1) is 11.6 Å². The molecule has 0 amide bonds. The minimum atomic E-state index is -0.986. The van der Waals surface area contributed by atoms with E-state index in [1.807, 2.05) is 18.2 Å². The molecule has 1 atom stereocenters. The number of benzene rings is 2. The van der Waals surface area contributed by atoms with Gasteiger partial charge in [0.25, 0.3) is 0 Å². The Morgan fingerprint density at radius 1 is 1.00 bits per heavy atom. The lowest BCUT2D eigenvalue weighted by Gasteiger charge is -2.14. The molecule has 2 aromatic carbocycles. The van der Waals surface area contributed by atoms with Gasteiger partial charge in [0.05, 0.1) is 5.38 Å². The SMILES string of the molecule is Fc1cc(Cl)c(C(Cl)c2ccccc2Br)cc1F. The van der Waals surface area contributed by atoms with E-state index in [4.69, 9.17) is 23.2 Å². The summed E-state index contributed by atoms with van der Waals surface area (Å²) >= 11 is 15.5. The van der Waals surface area contributed by atoms with Crippen molar-refractivity contribution in [2.45, 2.75) is 5.38 Å². The largest absolute Gasteiger partial charge is 0.204 e.